The van der Waals surface area contributed by atoms with Crippen LogP contribution in [-0.2, 0) is 6.54 Å². The first-order chi connectivity index (χ1) is 7.90. The number of hydrogen-bond donors (Lipinski definition) is 1. The Hall–Kier alpha value is -1.81. The van der Waals surface area contributed by atoms with Crippen LogP contribution in [0.5, 0.6) is 0 Å². The third kappa shape index (κ3) is 2.61. The maximum atomic E-state index is 4.25. The molecule has 0 unspecified atom stereocenters. The predicted molar refractivity (Wildman–Crippen MR) is 62.6 cm³/mol. The summed E-state index contributed by atoms with van der Waals surface area (Å²) in [6.07, 6.45) is 8.77. The number of pyridine rings is 1. The highest BCUT2D eigenvalue weighted by atomic mass is 14.8. The fraction of sp³-hybridized carbons (Fsp3) is 0.250. The fourth-order valence-electron chi connectivity index (χ4n) is 1.44. The Morgan fingerprint density at radius 3 is 2.81 bits per heavy atom. The molecular formula is C12H14N4. The second-order valence-corrected chi connectivity index (χ2v) is 3.45. The van der Waals surface area contributed by atoms with Gasteiger partial charge >= 0.3 is 0 Å². The molecule has 0 aliphatic rings. The van der Waals surface area contributed by atoms with Gasteiger partial charge in [0.2, 0.25) is 0 Å². The SMILES string of the molecule is CCNCc1cncc(-c2cnccn2)c1. The first-order valence-electron chi connectivity index (χ1n) is 5.31. The summed E-state index contributed by atoms with van der Waals surface area (Å²) in [7, 11) is 0. The van der Waals surface area contributed by atoms with Crippen molar-refractivity contribution in [3.63, 3.8) is 0 Å². The molecule has 0 aliphatic carbocycles. The molecule has 0 aliphatic heterocycles. The van der Waals surface area contributed by atoms with Gasteiger partial charge in [0.15, 0.2) is 0 Å². The van der Waals surface area contributed by atoms with E-state index >= 15 is 0 Å². The van der Waals surface area contributed by atoms with Crippen molar-refractivity contribution in [3.8, 4) is 11.3 Å². The molecule has 0 spiro atoms. The number of nitrogens with zero attached hydrogens (tertiary/aromatic N) is 3. The lowest BCUT2D eigenvalue weighted by Crippen LogP contribution is -2.11. The molecule has 0 bridgehead atoms. The first kappa shape index (κ1) is 10.7. The number of aromatic nitrogens is 3. The van der Waals surface area contributed by atoms with E-state index in [1.54, 1.807) is 24.8 Å². The van der Waals surface area contributed by atoms with Gasteiger partial charge in [-0.2, -0.15) is 0 Å². The number of rotatable bonds is 4. The molecule has 0 radical (unpaired) electrons. The second kappa shape index (κ2) is 5.32. The molecule has 82 valence electrons. The monoisotopic (exact) mass is 214 g/mol. The molecule has 1 N–H and O–H groups in total. The highest BCUT2D eigenvalue weighted by molar-refractivity contribution is 5.57. The molecule has 0 fully saturated rings. The van der Waals surface area contributed by atoms with Crippen molar-refractivity contribution in [2.24, 2.45) is 0 Å². The summed E-state index contributed by atoms with van der Waals surface area (Å²) in [6, 6.07) is 2.08. The van der Waals surface area contributed by atoms with Crippen LogP contribution in [0, 0.1) is 0 Å². The van der Waals surface area contributed by atoms with Crippen LogP contribution in [0.1, 0.15) is 12.5 Å². The van der Waals surface area contributed by atoms with E-state index in [0.717, 1.165) is 29.9 Å². The Morgan fingerprint density at radius 1 is 1.12 bits per heavy atom. The number of hydrogen-bond acceptors (Lipinski definition) is 4. The fourth-order valence-corrected chi connectivity index (χ4v) is 1.44. The Labute approximate surface area is 94.8 Å². The summed E-state index contributed by atoms with van der Waals surface area (Å²) in [5.41, 5.74) is 3.02. The van der Waals surface area contributed by atoms with Gasteiger partial charge < -0.3 is 5.32 Å². The van der Waals surface area contributed by atoms with Gasteiger partial charge in [-0.25, -0.2) is 0 Å². The van der Waals surface area contributed by atoms with Gasteiger partial charge in [-0.05, 0) is 18.2 Å². The maximum absolute atomic E-state index is 4.25. The van der Waals surface area contributed by atoms with Gasteiger partial charge in [0, 0.05) is 36.9 Å². The van der Waals surface area contributed by atoms with Crippen molar-refractivity contribution in [3.05, 3.63) is 42.6 Å². The van der Waals surface area contributed by atoms with Gasteiger partial charge in [0.25, 0.3) is 0 Å². The van der Waals surface area contributed by atoms with Crippen LogP contribution < -0.4 is 5.32 Å². The summed E-state index contributed by atoms with van der Waals surface area (Å²) >= 11 is 0. The molecule has 0 aromatic carbocycles. The highest BCUT2D eigenvalue weighted by Crippen LogP contribution is 2.15. The molecule has 4 heteroatoms. The lowest BCUT2D eigenvalue weighted by molar-refractivity contribution is 0.724. The smallest absolute Gasteiger partial charge is 0.0900 e. The molecular weight excluding hydrogens is 200 g/mol. The zero-order valence-corrected chi connectivity index (χ0v) is 9.22. The van der Waals surface area contributed by atoms with Crippen LogP contribution in [0.2, 0.25) is 0 Å². The standard InChI is InChI=1S/C12H14N4/c1-2-13-6-10-5-11(8-15-7-10)12-9-14-3-4-16-12/h3-5,7-9,13H,2,6H2,1H3. The quantitative estimate of drug-likeness (QED) is 0.840. The molecule has 16 heavy (non-hydrogen) atoms. The second-order valence-electron chi connectivity index (χ2n) is 3.45. The minimum atomic E-state index is 0.831. The van der Waals surface area contributed by atoms with E-state index in [4.69, 9.17) is 0 Å². The van der Waals surface area contributed by atoms with E-state index in [2.05, 4.69) is 33.3 Å². The first-order valence-corrected chi connectivity index (χ1v) is 5.31. The van der Waals surface area contributed by atoms with Crippen LogP contribution in [0.4, 0.5) is 0 Å². The van der Waals surface area contributed by atoms with Crippen molar-refractivity contribution < 1.29 is 0 Å². The van der Waals surface area contributed by atoms with E-state index in [-0.39, 0.29) is 0 Å². The summed E-state index contributed by atoms with van der Waals surface area (Å²) in [6.45, 7) is 3.87. The molecule has 2 rings (SSSR count). The van der Waals surface area contributed by atoms with Gasteiger partial charge in [-0.1, -0.05) is 6.92 Å². The van der Waals surface area contributed by atoms with E-state index < -0.39 is 0 Å². The van der Waals surface area contributed by atoms with Crippen molar-refractivity contribution >= 4 is 0 Å². The average molecular weight is 214 g/mol. The van der Waals surface area contributed by atoms with E-state index in [1.165, 1.54) is 0 Å². The topological polar surface area (TPSA) is 50.7 Å². The van der Waals surface area contributed by atoms with Crippen molar-refractivity contribution in [1.29, 1.82) is 0 Å². The molecule has 0 amide bonds. The van der Waals surface area contributed by atoms with Crippen molar-refractivity contribution in [2.45, 2.75) is 13.5 Å². The Bertz CT molecular complexity index is 442. The Kier molecular flexibility index (Phi) is 3.56. The van der Waals surface area contributed by atoms with Gasteiger partial charge in [0.1, 0.15) is 0 Å². The lowest BCUT2D eigenvalue weighted by Gasteiger charge is -2.04. The zero-order chi connectivity index (χ0) is 11.2. The van der Waals surface area contributed by atoms with Crippen molar-refractivity contribution in [2.75, 3.05) is 6.54 Å². The largest absolute Gasteiger partial charge is 0.313 e. The third-order valence-corrected chi connectivity index (χ3v) is 2.23. The summed E-state index contributed by atoms with van der Waals surface area (Å²) in [4.78, 5) is 12.5. The van der Waals surface area contributed by atoms with Crippen LogP contribution in [0.3, 0.4) is 0 Å². The van der Waals surface area contributed by atoms with E-state index in [9.17, 15) is 0 Å². The maximum Gasteiger partial charge on any atom is 0.0900 e. The Balaban J connectivity index is 2.22. The van der Waals surface area contributed by atoms with Gasteiger partial charge in [-0.15, -0.1) is 0 Å². The highest BCUT2D eigenvalue weighted by Gasteiger charge is 2.00. The van der Waals surface area contributed by atoms with Gasteiger partial charge in [0.05, 0.1) is 11.9 Å². The molecule has 4 nitrogen and oxygen atoms in total. The minimum absolute atomic E-state index is 0.831. The summed E-state index contributed by atoms with van der Waals surface area (Å²) < 4.78 is 0. The van der Waals surface area contributed by atoms with Crippen LogP contribution >= 0.6 is 0 Å². The average Bonchev–Trinajstić information content (AvgIpc) is 2.38. The minimum Gasteiger partial charge on any atom is -0.313 e. The van der Waals surface area contributed by atoms with Crippen LogP contribution in [0.25, 0.3) is 11.3 Å². The molecule has 0 saturated carbocycles. The van der Waals surface area contributed by atoms with E-state index in [1.807, 2.05) is 6.20 Å². The predicted octanol–water partition coefficient (Wildman–Crippen LogP) is 1.65. The van der Waals surface area contributed by atoms with E-state index in [0.29, 0.717) is 0 Å². The van der Waals surface area contributed by atoms with Gasteiger partial charge in [-0.3, -0.25) is 15.0 Å². The lowest BCUT2D eigenvalue weighted by atomic mass is 10.1. The normalized spacial score (nSPS) is 10.3. The third-order valence-electron chi connectivity index (χ3n) is 2.23. The molecule has 0 atom stereocenters. The van der Waals surface area contributed by atoms with Crippen LogP contribution in [0.15, 0.2) is 37.1 Å². The zero-order valence-electron chi connectivity index (χ0n) is 9.22. The Morgan fingerprint density at radius 2 is 2.06 bits per heavy atom. The molecule has 2 aromatic heterocycles. The van der Waals surface area contributed by atoms with Crippen LogP contribution in [-0.4, -0.2) is 21.5 Å². The number of nitrogens with one attached hydrogen (secondary N) is 1. The molecule has 2 heterocycles. The molecule has 2 aromatic rings. The summed E-state index contributed by atoms with van der Waals surface area (Å²) in [5, 5.41) is 3.27. The summed E-state index contributed by atoms with van der Waals surface area (Å²) in [5.74, 6) is 0. The van der Waals surface area contributed by atoms with Crippen molar-refractivity contribution in [1.82, 2.24) is 20.3 Å². The molecule has 0 saturated heterocycles.